The molecule has 3 aromatic heterocycles. The highest BCUT2D eigenvalue weighted by atomic mass is 32.1. The Balaban J connectivity index is 1.35. The molecule has 6 nitrogen and oxygen atoms in total. The van der Waals surface area contributed by atoms with E-state index in [2.05, 4.69) is 62.4 Å². The van der Waals surface area contributed by atoms with Gasteiger partial charge in [0.1, 0.15) is 5.75 Å². The summed E-state index contributed by atoms with van der Waals surface area (Å²) in [6, 6.07) is 18.3. The maximum Gasteiger partial charge on any atom is 0.203 e. The molecule has 0 spiro atoms. The van der Waals surface area contributed by atoms with Crippen LogP contribution in [0, 0.1) is 0 Å². The number of rotatable bonds is 5. The smallest absolute Gasteiger partial charge is 0.203 e. The van der Waals surface area contributed by atoms with E-state index in [4.69, 9.17) is 4.74 Å². The van der Waals surface area contributed by atoms with E-state index < -0.39 is 0 Å². The lowest BCUT2D eigenvalue weighted by atomic mass is 10.2. The maximum atomic E-state index is 5.20. The summed E-state index contributed by atoms with van der Waals surface area (Å²) in [6.07, 6.45) is 3.61. The van der Waals surface area contributed by atoms with Crippen molar-refractivity contribution in [1.82, 2.24) is 14.5 Å². The number of hydrogen-bond donors (Lipinski definition) is 1. The van der Waals surface area contributed by atoms with Crippen LogP contribution in [0.15, 0.2) is 71.3 Å². The number of anilines is 1. The van der Waals surface area contributed by atoms with E-state index in [1.165, 1.54) is 27.6 Å². The van der Waals surface area contributed by atoms with Crippen molar-refractivity contribution in [3.8, 4) is 17.0 Å². The van der Waals surface area contributed by atoms with Gasteiger partial charge in [0.25, 0.3) is 0 Å². The molecule has 0 amide bonds. The Morgan fingerprint density at radius 3 is 2.73 bits per heavy atom. The number of nitrogens with one attached hydrogen (secondary N) is 1. The van der Waals surface area contributed by atoms with Gasteiger partial charge in [-0.05, 0) is 36.4 Å². The lowest BCUT2D eigenvalue weighted by Gasteiger charge is -2.00. The number of fused-ring (bicyclic) bond motifs is 3. The molecule has 0 atom stereocenters. The molecule has 5 rings (SSSR count). The summed E-state index contributed by atoms with van der Waals surface area (Å²) >= 11 is 1.51. The van der Waals surface area contributed by atoms with Crippen LogP contribution in [0.5, 0.6) is 5.75 Å². The summed E-state index contributed by atoms with van der Waals surface area (Å²) in [5, 5.41) is 9.43. The Hall–Kier alpha value is -3.71. The van der Waals surface area contributed by atoms with E-state index in [1.54, 1.807) is 13.3 Å². The van der Waals surface area contributed by atoms with E-state index >= 15 is 0 Å². The second-order valence-electron chi connectivity index (χ2n) is 6.84. The predicted molar refractivity (Wildman–Crippen MR) is 124 cm³/mol. The average molecular weight is 414 g/mol. The first kappa shape index (κ1) is 18.3. The zero-order chi connectivity index (χ0) is 20.5. The van der Waals surface area contributed by atoms with Crippen molar-refractivity contribution in [1.29, 1.82) is 0 Å². The molecule has 2 aromatic carbocycles. The second-order valence-corrected chi connectivity index (χ2v) is 7.70. The fourth-order valence-electron chi connectivity index (χ4n) is 3.51. The Morgan fingerprint density at radius 2 is 1.90 bits per heavy atom. The van der Waals surface area contributed by atoms with Crippen molar-refractivity contribution >= 4 is 44.5 Å². The van der Waals surface area contributed by atoms with Crippen LogP contribution < -0.4 is 10.2 Å². The number of thiazole rings is 1. The molecule has 1 N–H and O–H groups in total. The summed E-state index contributed by atoms with van der Waals surface area (Å²) in [5.74, 6) is 0.826. The third kappa shape index (κ3) is 3.29. The quantitative estimate of drug-likeness (QED) is 0.313. The van der Waals surface area contributed by atoms with Crippen LogP contribution in [0.4, 0.5) is 5.13 Å². The molecule has 0 bridgehead atoms. The molecule has 0 saturated carbocycles. The number of methoxy groups -OCH3 is 1. The number of nitrogens with zero attached hydrogens (tertiary/aromatic N) is 4. The molecule has 0 saturated heterocycles. The lowest BCUT2D eigenvalue weighted by Crippen LogP contribution is -1.93. The minimum absolute atomic E-state index is 0.725. The standard InChI is InChI=1S/C23H19N5OS/c1-28-21-6-4-3-5-18(21)19-11-16(24-13-22(19)28)12-25-27-23-26-20(14-30-23)15-7-9-17(29-2)10-8-15/h3-14H,1-2H3,(H,26,27)/b25-12+. The first-order valence-electron chi connectivity index (χ1n) is 9.45. The van der Waals surface area contributed by atoms with Crippen molar-refractivity contribution in [2.24, 2.45) is 12.1 Å². The highest BCUT2D eigenvalue weighted by molar-refractivity contribution is 7.14. The fourth-order valence-corrected chi connectivity index (χ4v) is 4.18. The third-order valence-corrected chi connectivity index (χ3v) is 5.81. The molecule has 148 valence electrons. The van der Waals surface area contributed by atoms with E-state index in [9.17, 15) is 0 Å². The first-order chi connectivity index (χ1) is 14.7. The Kier molecular flexibility index (Phi) is 4.65. The van der Waals surface area contributed by atoms with Gasteiger partial charge in [-0.1, -0.05) is 18.2 Å². The highest BCUT2D eigenvalue weighted by Gasteiger charge is 2.08. The lowest BCUT2D eigenvalue weighted by molar-refractivity contribution is 0.415. The van der Waals surface area contributed by atoms with Crippen LogP contribution in [0.25, 0.3) is 33.1 Å². The fraction of sp³-hybridized carbons (Fsp3) is 0.0870. The van der Waals surface area contributed by atoms with Gasteiger partial charge in [-0.15, -0.1) is 11.3 Å². The molecule has 0 fully saturated rings. The van der Waals surface area contributed by atoms with Gasteiger partial charge in [0.2, 0.25) is 5.13 Å². The molecule has 0 aliphatic rings. The largest absolute Gasteiger partial charge is 0.497 e. The normalized spacial score (nSPS) is 11.5. The molecule has 7 heteroatoms. The van der Waals surface area contributed by atoms with Gasteiger partial charge in [0.15, 0.2) is 0 Å². The highest BCUT2D eigenvalue weighted by Crippen LogP contribution is 2.28. The summed E-state index contributed by atoms with van der Waals surface area (Å²) in [5.41, 5.74) is 8.02. The maximum absolute atomic E-state index is 5.20. The number of pyridine rings is 1. The van der Waals surface area contributed by atoms with E-state index in [-0.39, 0.29) is 0 Å². The van der Waals surface area contributed by atoms with Gasteiger partial charge >= 0.3 is 0 Å². The van der Waals surface area contributed by atoms with Gasteiger partial charge in [-0.3, -0.25) is 10.4 Å². The van der Waals surface area contributed by atoms with Crippen molar-refractivity contribution in [3.63, 3.8) is 0 Å². The average Bonchev–Trinajstić information content (AvgIpc) is 3.37. The number of para-hydroxylation sites is 1. The van der Waals surface area contributed by atoms with Gasteiger partial charge < -0.3 is 9.30 Å². The van der Waals surface area contributed by atoms with Crippen LogP contribution in [0.3, 0.4) is 0 Å². The van der Waals surface area contributed by atoms with E-state index in [1.807, 2.05) is 35.8 Å². The molecular weight excluding hydrogens is 394 g/mol. The van der Waals surface area contributed by atoms with Crippen molar-refractivity contribution in [3.05, 3.63) is 71.9 Å². The molecule has 0 unspecified atom stereocenters. The first-order valence-corrected chi connectivity index (χ1v) is 10.3. The number of aromatic nitrogens is 3. The molecular formula is C23H19N5OS. The molecule has 0 aliphatic heterocycles. The van der Waals surface area contributed by atoms with E-state index in [0.29, 0.717) is 0 Å². The van der Waals surface area contributed by atoms with Crippen LogP contribution in [0.1, 0.15) is 5.69 Å². The Bertz CT molecular complexity index is 1370. The van der Waals surface area contributed by atoms with E-state index in [0.717, 1.165) is 33.3 Å². The summed E-state index contributed by atoms with van der Waals surface area (Å²) in [6.45, 7) is 0. The summed E-state index contributed by atoms with van der Waals surface area (Å²) in [4.78, 5) is 9.11. The van der Waals surface area contributed by atoms with Crippen molar-refractivity contribution in [2.75, 3.05) is 12.5 Å². The zero-order valence-corrected chi connectivity index (χ0v) is 17.4. The minimum Gasteiger partial charge on any atom is -0.497 e. The van der Waals surface area contributed by atoms with Crippen LogP contribution in [-0.4, -0.2) is 27.9 Å². The topological polar surface area (TPSA) is 64.3 Å². The number of benzene rings is 2. The summed E-state index contributed by atoms with van der Waals surface area (Å²) < 4.78 is 7.36. The van der Waals surface area contributed by atoms with Crippen LogP contribution >= 0.6 is 11.3 Å². The number of hydrogen-bond acceptors (Lipinski definition) is 6. The third-order valence-electron chi connectivity index (χ3n) is 5.07. The monoisotopic (exact) mass is 413 g/mol. The number of ether oxygens (including phenoxy) is 1. The van der Waals surface area contributed by atoms with Gasteiger partial charge in [0, 0.05) is 34.3 Å². The molecule has 0 aliphatic carbocycles. The Labute approximate surface area is 177 Å². The molecule has 3 heterocycles. The van der Waals surface area contributed by atoms with Gasteiger partial charge in [-0.25, -0.2) is 4.98 Å². The van der Waals surface area contributed by atoms with Crippen molar-refractivity contribution in [2.45, 2.75) is 0 Å². The molecule has 0 radical (unpaired) electrons. The zero-order valence-electron chi connectivity index (χ0n) is 16.5. The van der Waals surface area contributed by atoms with Gasteiger partial charge in [0.05, 0.1) is 36.4 Å². The summed E-state index contributed by atoms with van der Waals surface area (Å²) in [7, 11) is 3.72. The number of hydrazone groups is 1. The minimum atomic E-state index is 0.725. The Morgan fingerprint density at radius 1 is 1.07 bits per heavy atom. The molecule has 30 heavy (non-hydrogen) atoms. The van der Waals surface area contributed by atoms with Crippen LogP contribution in [0.2, 0.25) is 0 Å². The number of aryl methyl sites for hydroxylation is 1. The molecule has 5 aromatic rings. The van der Waals surface area contributed by atoms with Crippen molar-refractivity contribution < 1.29 is 4.74 Å². The van der Waals surface area contributed by atoms with Crippen LogP contribution in [-0.2, 0) is 7.05 Å². The van der Waals surface area contributed by atoms with Gasteiger partial charge in [-0.2, -0.15) is 5.10 Å². The predicted octanol–water partition coefficient (Wildman–Crippen LogP) is 5.30. The second kappa shape index (κ2) is 7.61. The SMILES string of the molecule is COc1ccc(-c2csc(N/N=C/c3cc4c5ccccc5n(C)c4cn3)n2)cc1.